The highest BCUT2D eigenvalue weighted by atomic mass is 16.5. The van der Waals surface area contributed by atoms with Gasteiger partial charge in [0.15, 0.2) is 0 Å². The van der Waals surface area contributed by atoms with Gasteiger partial charge >= 0.3 is 6.03 Å². The molecule has 0 aromatic heterocycles. The molecule has 0 N–H and O–H groups in total. The lowest BCUT2D eigenvalue weighted by Gasteiger charge is -2.53. The van der Waals surface area contributed by atoms with Crippen LogP contribution < -0.4 is 0 Å². The van der Waals surface area contributed by atoms with Crippen molar-refractivity contribution in [3.8, 4) is 0 Å². The van der Waals surface area contributed by atoms with Crippen LogP contribution in [-0.4, -0.2) is 116 Å². The minimum absolute atomic E-state index is 0.0345. The summed E-state index contributed by atoms with van der Waals surface area (Å²) in [6.45, 7) is 5.42. The van der Waals surface area contributed by atoms with Crippen LogP contribution in [0.1, 0.15) is 25.7 Å². The van der Waals surface area contributed by atoms with Gasteiger partial charge in [-0.05, 0) is 31.1 Å². The zero-order valence-corrected chi connectivity index (χ0v) is 18.0. The maximum absolute atomic E-state index is 13.2. The maximum Gasteiger partial charge on any atom is 0.320 e. The number of piperazine rings is 1. The number of carbonyl (C=O) groups excluding carboxylic acids is 3. The molecule has 4 aliphatic heterocycles. The van der Waals surface area contributed by atoms with Crippen molar-refractivity contribution in [2.45, 2.75) is 31.7 Å². The molecule has 4 fully saturated rings. The first-order chi connectivity index (χ1) is 14.6. The molecule has 3 atom stereocenters. The molecule has 0 aromatic carbocycles. The van der Waals surface area contributed by atoms with Crippen LogP contribution in [0, 0.1) is 11.8 Å². The van der Waals surface area contributed by atoms with Gasteiger partial charge < -0.3 is 29.1 Å². The van der Waals surface area contributed by atoms with E-state index in [4.69, 9.17) is 9.47 Å². The number of ether oxygens (including phenoxy) is 2. The summed E-state index contributed by atoms with van der Waals surface area (Å²) < 4.78 is 10.2. The van der Waals surface area contributed by atoms with Crippen LogP contribution in [0.25, 0.3) is 0 Å². The number of rotatable bonds is 5. The lowest BCUT2D eigenvalue weighted by atomic mass is 9.76. The van der Waals surface area contributed by atoms with E-state index >= 15 is 0 Å². The highest BCUT2D eigenvalue weighted by Crippen LogP contribution is 2.38. The minimum Gasteiger partial charge on any atom is -0.382 e. The van der Waals surface area contributed by atoms with Crippen molar-refractivity contribution in [1.82, 2.24) is 19.6 Å². The van der Waals surface area contributed by atoms with Crippen LogP contribution in [0.5, 0.6) is 0 Å². The summed E-state index contributed by atoms with van der Waals surface area (Å²) in [5.74, 6) is 1.05. The Bertz CT molecular complexity index is 651. The van der Waals surface area contributed by atoms with E-state index in [2.05, 4.69) is 4.90 Å². The number of methoxy groups -OCH3 is 1. The minimum atomic E-state index is -0.0345. The molecule has 4 amide bonds. The van der Waals surface area contributed by atoms with Crippen LogP contribution in [0.2, 0.25) is 0 Å². The van der Waals surface area contributed by atoms with Crippen LogP contribution in [0.4, 0.5) is 4.79 Å². The van der Waals surface area contributed by atoms with Gasteiger partial charge in [0.1, 0.15) is 6.61 Å². The van der Waals surface area contributed by atoms with E-state index < -0.39 is 0 Å². The van der Waals surface area contributed by atoms with Crippen LogP contribution in [0.3, 0.4) is 0 Å². The Morgan fingerprint density at radius 1 is 1.00 bits per heavy atom. The van der Waals surface area contributed by atoms with Gasteiger partial charge in [-0.3, -0.25) is 9.59 Å². The Morgan fingerprint density at radius 2 is 1.77 bits per heavy atom. The molecule has 4 heterocycles. The summed E-state index contributed by atoms with van der Waals surface area (Å²) in [5.41, 5.74) is 0. The second-order valence-corrected chi connectivity index (χ2v) is 8.97. The molecule has 0 spiro atoms. The Labute approximate surface area is 178 Å². The van der Waals surface area contributed by atoms with E-state index in [0.29, 0.717) is 69.6 Å². The largest absolute Gasteiger partial charge is 0.382 e. The molecule has 2 bridgehead atoms. The molecule has 4 rings (SSSR count). The number of hydrogen-bond acceptors (Lipinski definition) is 5. The fourth-order valence-electron chi connectivity index (χ4n) is 5.51. The van der Waals surface area contributed by atoms with Crippen LogP contribution in [0.15, 0.2) is 0 Å². The maximum atomic E-state index is 13.2. The van der Waals surface area contributed by atoms with Crippen molar-refractivity contribution in [3.05, 3.63) is 0 Å². The lowest BCUT2D eigenvalue weighted by molar-refractivity contribution is -0.144. The molecule has 168 valence electrons. The van der Waals surface area contributed by atoms with Crippen molar-refractivity contribution < 1.29 is 23.9 Å². The summed E-state index contributed by atoms with van der Waals surface area (Å²) >= 11 is 0. The van der Waals surface area contributed by atoms with E-state index in [1.165, 1.54) is 0 Å². The number of piperidine rings is 3. The smallest absolute Gasteiger partial charge is 0.320 e. The topological polar surface area (TPSA) is 82.6 Å². The number of fused-ring (bicyclic) bond motifs is 4. The molecule has 4 saturated heterocycles. The van der Waals surface area contributed by atoms with E-state index in [-0.39, 0.29) is 18.5 Å². The quantitative estimate of drug-likeness (QED) is 0.593. The SMILES string of the molecule is COCCOCC(=O)N1CCN(C(=O)N2CC3CC(C2)[C@H]2CCCC(=O)N2C3)CC1. The van der Waals surface area contributed by atoms with Gasteiger partial charge in [-0.2, -0.15) is 0 Å². The predicted octanol–water partition coefficient (Wildman–Crippen LogP) is 0.246. The van der Waals surface area contributed by atoms with Gasteiger partial charge in [0, 0.05) is 65.4 Å². The van der Waals surface area contributed by atoms with E-state index in [1.807, 2.05) is 9.80 Å². The first-order valence-electron chi connectivity index (χ1n) is 11.2. The van der Waals surface area contributed by atoms with Crippen molar-refractivity contribution in [3.63, 3.8) is 0 Å². The Hall–Kier alpha value is -1.87. The van der Waals surface area contributed by atoms with Crippen LogP contribution in [-0.2, 0) is 19.1 Å². The normalized spacial score (nSPS) is 29.1. The van der Waals surface area contributed by atoms with Crippen molar-refractivity contribution in [2.24, 2.45) is 11.8 Å². The molecular weight excluding hydrogens is 388 g/mol. The van der Waals surface area contributed by atoms with Gasteiger partial charge in [-0.1, -0.05) is 0 Å². The Kier molecular flexibility index (Phi) is 6.77. The number of urea groups is 1. The van der Waals surface area contributed by atoms with Gasteiger partial charge in [-0.15, -0.1) is 0 Å². The van der Waals surface area contributed by atoms with Gasteiger partial charge in [0.05, 0.1) is 13.2 Å². The summed E-state index contributed by atoms with van der Waals surface area (Å²) in [5, 5.41) is 0. The second-order valence-electron chi connectivity index (χ2n) is 8.97. The van der Waals surface area contributed by atoms with Crippen molar-refractivity contribution >= 4 is 17.8 Å². The molecule has 0 radical (unpaired) electrons. The third-order valence-electron chi connectivity index (χ3n) is 7.01. The molecule has 0 aromatic rings. The molecular formula is C21H34N4O5. The third-order valence-corrected chi connectivity index (χ3v) is 7.01. The number of carbonyl (C=O) groups is 3. The Morgan fingerprint density at radius 3 is 2.53 bits per heavy atom. The van der Waals surface area contributed by atoms with E-state index in [1.54, 1.807) is 12.0 Å². The monoisotopic (exact) mass is 422 g/mol. The highest BCUT2D eigenvalue weighted by molar-refractivity contribution is 5.79. The number of amides is 4. The molecule has 2 unspecified atom stereocenters. The third kappa shape index (κ3) is 4.56. The standard InChI is InChI=1S/C21H34N4O5/c1-29-9-10-30-15-20(27)22-5-7-23(8-6-22)21(28)24-12-16-11-17(14-24)18-3-2-4-19(26)25(18)13-16/h16-18H,2-15H2,1H3/t16?,17?,18-/m1/s1. The zero-order valence-electron chi connectivity index (χ0n) is 18.0. The average Bonchev–Trinajstić information content (AvgIpc) is 2.77. The fraction of sp³-hybridized carbons (Fsp3) is 0.857. The molecule has 30 heavy (non-hydrogen) atoms. The predicted molar refractivity (Wildman–Crippen MR) is 109 cm³/mol. The summed E-state index contributed by atoms with van der Waals surface area (Å²) in [6, 6.07) is 0.398. The molecule has 9 nitrogen and oxygen atoms in total. The van der Waals surface area contributed by atoms with E-state index in [9.17, 15) is 14.4 Å². The zero-order chi connectivity index (χ0) is 21.1. The van der Waals surface area contributed by atoms with E-state index in [0.717, 1.165) is 38.9 Å². The van der Waals surface area contributed by atoms with Crippen molar-refractivity contribution in [2.75, 3.05) is 72.7 Å². The van der Waals surface area contributed by atoms with Gasteiger partial charge in [-0.25, -0.2) is 4.79 Å². The molecule has 0 saturated carbocycles. The molecule has 9 heteroatoms. The second kappa shape index (κ2) is 9.51. The summed E-state index contributed by atoms with van der Waals surface area (Å²) in [6.07, 6.45) is 3.85. The first kappa shape index (κ1) is 21.4. The molecule has 0 aliphatic carbocycles. The number of hydrogen-bond donors (Lipinski definition) is 0. The first-order valence-corrected chi connectivity index (χ1v) is 11.2. The Balaban J connectivity index is 1.26. The van der Waals surface area contributed by atoms with Crippen LogP contribution >= 0.6 is 0 Å². The fourth-order valence-corrected chi connectivity index (χ4v) is 5.51. The van der Waals surface area contributed by atoms with Crippen molar-refractivity contribution in [1.29, 1.82) is 0 Å². The highest BCUT2D eigenvalue weighted by Gasteiger charge is 2.45. The van der Waals surface area contributed by atoms with Gasteiger partial charge in [0.2, 0.25) is 11.8 Å². The average molecular weight is 423 g/mol. The summed E-state index contributed by atoms with van der Waals surface area (Å²) in [4.78, 5) is 45.4. The number of nitrogens with zero attached hydrogens (tertiary/aromatic N) is 4. The van der Waals surface area contributed by atoms with Gasteiger partial charge in [0.25, 0.3) is 0 Å². The lowest BCUT2D eigenvalue weighted by Crippen LogP contribution is -2.63. The summed E-state index contributed by atoms with van der Waals surface area (Å²) in [7, 11) is 1.60. The number of likely N-dealkylation sites (tertiary alicyclic amines) is 1. The molecule has 4 aliphatic rings.